The molecule has 7 heteroatoms. The first-order chi connectivity index (χ1) is 16.5. The van der Waals surface area contributed by atoms with Gasteiger partial charge in [-0.25, -0.2) is 9.78 Å². The van der Waals surface area contributed by atoms with E-state index < -0.39 is 6.10 Å². The molecule has 1 atom stereocenters. The second-order valence-corrected chi connectivity index (χ2v) is 7.73. The molecule has 0 saturated heterocycles. The first-order valence-electron chi connectivity index (χ1n) is 11.8. The fourth-order valence-electron chi connectivity index (χ4n) is 3.58. The summed E-state index contributed by atoms with van der Waals surface area (Å²) in [6.07, 6.45) is 1.41. The van der Waals surface area contributed by atoms with Crippen molar-refractivity contribution in [3.63, 3.8) is 0 Å². The van der Waals surface area contributed by atoms with Crippen LogP contribution in [-0.2, 0) is 22.5 Å². The highest BCUT2D eigenvalue weighted by Gasteiger charge is 2.20. The van der Waals surface area contributed by atoms with Gasteiger partial charge in [-0.05, 0) is 37.6 Å². The van der Waals surface area contributed by atoms with E-state index in [1.54, 1.807) is 41.8 Å². The van der Waals surface area contributed by atoms with Crippen molar-refractivity contribution >= 4 is 5.97 Å². The lowest BCUT2D eigenvalue weighted by Gasteiger charge is -2.17. The van der Waals surface area contributed by atoms with Gasteiger partial charge in [-0.15, -0.1) is 0 Å². The fourth-order valence-corrected chi connectivity index (χ4v) is 3.58. The van der Waals surface area contributed by atoms with Crippen molar-refractivity contribution in [2.24, 2.45) is 0 Å². The molecule has 180 valence electrons. The molecule has 1 heterocycles. The zero-order valence-corrected chi connectivity index (χ0v) is 20.0. The van der Waals surface area contributed by atoms with Gasteiger partial charge in [0.25, 0.3) is 5.56 Å². The van der Waals surface area contributed by atoms with Gasteiger partial charge in [0.1, 0.15) is 23.9 Å². The molecule has 0 aliphatic carbocycles. The lowest BCUT2D eigenvalue weighted by Crippen LogP contribution is -2.29. The number of hydrogen-bond acceptors (Lipinski definition) is 6. The number of rotatable bonds is 12. The third kappa shape index (κ3) is 6.70. The second kappa shape index (κ2) is 12.6. The molecular weight excluding hydrogens is 432 g/mol. The van der Waals surface area contributed by atoms with E-state index in [1.807, 2.05) is 44.2 Å². The van der Waals surface area contributed by atoms with E-state index >= 15 is 0 Å². The van der Waals surface area contributed by atoms with Crippen LogP contribution in [0, 0.1) is 0 Å². The van der Waals surface area contributed by atoms with E-state index in [0.29, 0.717) is 49.8 Å². The fraction of sp³-hybridized carbons (Fsp3) is 0.370. The molecule has 1 unspecified atom stereocenters. The number of hydrogen-bond donors (Lipinski definition) is 0. The van der Waals surface area contributed by atoms with Gasteiger partial charge in [-0.3, -0.25) is 9.36 Å². The largest absolute Gasteiger partial charge is 0.492 e. The average molecular weight is 465 g/mol. The van der Waals surface area contributed by atoms with Crippen LogP contribution in [0.1, 0.15) is 39.4 Å². The highest BCUT2D eigenvalue weighted by atomic mass is 16.6. The highest BCUT2D eigenvalue weighted by Crippen LogP contribution is 2.20. The Morgan fingerprint density at radius 2 is 1.71 bits per heavy atom. The molecule has 0 saturated carbocycles. The van der Waals surface area contributed by atoms with Crippen LogP contribution in [0.2, 0.25) is 0 Å². The third-order valence-electron chi connectivity index (χ3n) is 5.26. The Morgan fingerprint density at radius 3 is 2.35 bits per heavy atom. The molecule has 3 rings (SSSR count). The summed E-state index contributed by atoms with van der Waals surface area (Å²) < 4.78 is 18.4. The topological polar surface area (TPSA) is 79.7 Å². The van der Waals surface area contributed by atoms with Gasteiger partial charge < -0.3 is 14.2 Å². The predicted molar refractivity (Wildman–Crippen MR) is 131 cm³/mol. The Hall–Kier alpha value is -3.61. The Morgan fingerprint density at radius 1 is 1.00 bits per heavy atom. The number of carbonyl (C=O) groups excluding carboxylic acids is 1. The van der Waals surface area contributed by atoms with E-state index in [-0.39, 0.29) is 11.5 Å². The molecule has 0 bridgehead atoms. The van der Waals surface area contributed by atoms with Gasteiger partial charge in [0.15, 0.2) is 6.10 Å². The Bertz CT molecular complexity index is 1110. The summed E-state index contributed by atoms with van der Waals surface area (Å²) in [5.41, 5.74) is 1.50. The molecule has 0 radical (unpaired) electrons. The van der Waals surface area contributed by atoms with E-state index in [9.17, 15) is 9.59 Å². The third-order valence-corrected chi connectivity index (χ3v) is 5.26. The normalized spacial score (nSPS) is 11.6. The molecule has 2 aromatic carbocycles. The van der Waals surface area contributed by atoms with Crippen molar-refractivity contribution < 1.29 is 19.0 Å². The number of carbonyl (C=O) groups is 1. The Labute approximate surface area is 200 Å². The smallest absolute Gasteiger partial charge is 0.347 e. The SMILES string of the molecule is CCCC(Oc1ccc(OCCn2c(CC)nc(-c3ccccc3)cc2=O)cc1)C(=O)OCC. The van der Waals surface area contributed by atoms with Gasteiger partial charge in [0, 0.05) is 18.1 Å². The standard InChI is InChI=1S/C27H32N2O5/c1-4-10-24(27(31)32-6-3)34-22-15-13-21(14-16-22)33-18-17-29-25(5-2)28-23(19-26(29)30)20-11-8-7-9-12-20/h7-9,11-16,19,24H,4-6,10,17-18H2,1-3H3. The van der Waals surface area contributed by atoms with Crippen LogP contribution < -0.4 is 15.0 Å². The summed E-state index contributed by atoms with van der Waals surface area (Å²) >= 11 is 0. The van der Waals surface area contributed by atoms with Gasteiger partial charge in [-0.1, -0.05) is 50.6 Å². The number of aryl methyl sites for hydroxylation is 1. The quantitative estimate of drug-likeness (QED) is 0.363. The molecule has 0 aliphatic rings. The van der Waals surface area contributed by atoms with Crippen molar-refractivity contribution in [2.75, 3.05) is 13.2 Å². The van der Waals surface area contributed by atoms with Crippen LogP contribution in [-0.4, -0.2) is 34.8 Å². The van der Waals surface area contributed by atoms with Crippen LogP contribution >= 0.6 is 0 Å². The molecule has 0 aliphatic heterocycles. The van der Waals surface area contributed by atoms with Crippen molar-refractivity contribution in [1.29, 1.82) is 0 Å². The van der Waals surface area contributed by atoms with Crippen LogP contribution in [0.4, 0.5) is 0 Å². The van der Waals surface area contributed by atoms with E-state index in [0.717, 1.165) is 17.8 Å². The van der Waals surface area contributed by atoms with E-state index in [4.69, 9.17) is 14.2 Å². The van der Waals surface area contributed by atoms with Gasteiger partial charge in [0.05, 0.1) is 18.8 Å². The van der Waals surface area contributed by atoms with Crippen molar-refractivity contribution in [3.8, 4) is 22.8 Å². The van der Waals surface area contributed by atoms with Gasteiger partial charge in [0.2, 0.25) is 0 Å². The summed E-state index contributed by atoms with van der Waals surface area (Å²) in [5.74, 6) is 1.59. The van der Waals surface area contributed by atoms with E-state index in [2.05, 4.69) is 4.98 Å². The summed E-state index contributed by atoms with van der Waals surface area (Å²) in [6, 6.07) is 18.3. The highest BCUT2D eigenvalue weighted by molar-refractivity contribution is 5.75. The molecule has 0 N–H and O–H groups in total. The van der Waals surface area contributed by atoms with Crippen molar-refractivity contribution in [2.45, 2.75) is 52.7 Å². The molecule has 1 aromatic heterocycles. The number of nitrogens with zero attached hydrogens (tertiary/aromatic N) is 2. The van der Waals surface area contributed by atoms with Crippen LogP contribution in [0.25, 0.3) is 11.3 Å². The summed E-state index contributed by atoms with van der Waals surface area (Å²) in [4.78, 5) is 29.5. The molecule has 3 aromatic rings. The second-order valence-electron chi connectivity index (χ2n) is 7.73. The number of benzene rings is 2. The molecule has 7 nitrogen and oxygen atoms in total. The zero-order valence-electron chi connectivity index (χ0n) is 20.0. The molecular formula is C27H32N2O5. The Balaban J connectivity index is 1.61. The monoisotopic (exact) mass is 464 g/mol. The molecule has 0 spiro atoms. The van der Waals surface area contributed by atoms with Crippen LogP contribution in [0.3, 0.4) is 0 Å². The lowest BCUT2D eigenvalue weighted by molar-refractivity contribution is -0.151. The number of ether oxygens (including phenoxy) is 3. The van der Waals surface area contributed by atoms with Gasteiger partial charge in [-0.2, -0.15) is 0 Å². The van der Waals surface area contributed by atoms with Gasteiger partial charge >= 0.3 is 5.97 Å². The first kappa shape index (κ1) is 25.0. The number of esters is 1. The predicted octanol–water partition coefficient (Wildman–Crippen LogP) is 4.66. The minimum Gasteiger partial charge on any atom is -0.492 e. The minimum atomic E-state index is -0.623. The van der Waals surface area contributed by atoms with Crippen molar-refractivity contribution in [3.05, 3.63) is 76.8 Å². The minimum absolute atomic E-state index is 0.0982. The summed E-state index contributed by atoms with van der Waals surface area (Å²) in [5, 5.41) is 0. The summed E-state index contributed by atoms with van der Waals surface area (Å²) in [6.45, 7) is 6.78. The maximum Gasteiger partial charge on any atom is 0.347 e. The Kier molecular flexibility index (Phi) is 9.26. The van der Waals surface area contributed by atoms with Crippen molar-refractivity contribution in [1.82, 2.24) is 9.55 Å². The molecule has 0 amide bonds. The lowest BCUT2D eigenvalue weighted by atomic mass is 10.1. The van der Waals surface area contributed by atoms with Crippen LogP contribution in [0.15, 0.2) is 65.5 Å². The molecule has 0 fully saturated rings. The first-order valence-corrected chi connectivity index (χ1v) is 11.8. The summed E-state index contributed by atoms with van der Waals surface area (Å²) in [7, 11) is 0. The van der Waals surface area contributed by atoms with E-state index in [1.165, 1.54) is 0 Å². The maximum atomic E-state index is 12.8. The maximum absolute atomic E-state index is 12.8. The zero-order chi connectivity index (χ0) is 24.3. The van der Waals surface area contributed by atoms with Crippen LogP contribution in [0.5, 0.6) is 11.5 Å². The molecule has 34 heavy (non-hydrogen) atoms. The number of aromatic nitrogens is 2. The average Bonchev–Trinajstić information content (AvgIpc) is 2.86.